The van der Waals surface area contributed by atoms with E-state index in [1.165, 1.54) is 0 Å². The van der Waals surface area contributed by atoms with Gasteiger partial charge in [-0.25, -0.2) is 0 Å². The van der Waals surface area contributed by atoms with Crippen LogP contribution in [0.5, 0.6) is 11.5 Å². The topological polar surface area (TPSA) is 80.9 Å². The zero-order valence-electron chi connectivity index (χ0n) is 17.6. The van der Waals surface area contributed by atoms with Crippen LogP contribution in [0.4, 0.5) is 5.69 Å². The smallest absolute Gasteiger partial charge is 0.255 e. The summed E-state index contributed by atoms with van der Waals surface area (Å²) in [5.74, 6) is 1.94. The molecule has 0 aliphatic carbocycles. The van der Waals surface area contributed by atoms with Gasteiger partial charge in [0.05, 0.1) is 12.7 Å². The van der Waals surface area contributed by atoms with Gasteiger partial charge in [0.1, 0.15) is 36.2 Å². The molecule has 162 valence electrons. The van der Waals surface area contributed by atoms with Crippen LogP contribution >= 0.6 is 0 Å². The molecular weight excluding hydrogens is 406 g/mol. The van der Waals surface area contributed by atoms with Crippen LogP contribution in [0.15, 0.2) is 89.3 Å². The predicted octanol–water partition coefficient (Wildman–Crippen LogP) is 5.28. The largest absolute Gasteiger partial charge is 0.496 e. The van der Waals surface area contributed by atoms with Crippen molar-refractivity contribution in [1.29, 1.82) is 0 Å². The third kappa shape index (κ3) is 4.99. The number of methoxy groups -OCH3 is 1. The number of hydrogen-bond acceptors (Lipinski definition) is 5. The number of ether oxygens (including phenoxy) is 2. The molecule has 1 aromatic heterocycles. The number of furan rings is 1. The van der Waals surface area contributed by atoms with E-state index in [0.29, 0.717) is 46.4 Å². The Bertz CT molecular complexity index is 1200. The Hall–Kier alpha value is -4.03. The summed E-state index contributed by atoms with van der Waals surface area (Å²) < 4.78 is 16.9. The Balaban J connectivity index is 1.49. The third-order valence-electron chi connectivity index (χ3n) is 4.88. The van der Waals surface area contributed by atoms with E-state index in [1.807, 2.05) is 36.4 Å². The number of anilines is 1. The normalized spacial score (nSPS) is 10.6. The average Bonchev–Trinajstić information content (AvgIpc) is 3.33. The molecule has 0 spiro atoms. The van der Waals surface area contributed by atoms with E-state index in [2.05, 4.69) is 5.32 Å². The van der Waals surface area contributed by atoms with Crippen LogP contribution in [0.1, 0.15) is 21.7 Å². The summed E-state index contributed by atoms with van der Waals surface area (Å²) >= 11 is 0. The van der Waals surface area contributed by atoms with Gasteiger partial charge < -0.3 is 24.3 Å². The molecule has 0 radical (unpaired) electrons. The summed E-state index contributed by atoms with van der Waals surface area (Å²) in [5.41, 5.74) is 2.79. The number of benzene rings is 3. The van der Waals surface area contributed by atoms with Crippen molar-refractivity contribution in [2.75, 3.05) is 12.4 Å². The monoisotopic (exact) mass is 429 g/mol. The van der Waals surface area contributed by atoms with Crippen molar-refractivity contribution in [2.24, 2.45) is 0 Å². The van der Waals surface area contributed by atoms with E-state index in [4.69, 9.17) is 13.9 Å². The van der Waals surface area contributed by atoms with Crippen LogP contribution in [-0.4, -0.2) is 18.1 Å². The average molecular weight is 429 g/mol. The van der Waals surface area contributed by atoms with Crippen molar-refractivity contribution in [3.05, 3.63) is 102 Å². The van der Waals surface area contributed by atoms with Crippen LogP contribution in [-0.2, 0) is 13.2 Å². The number of aliphatic hydroxyl groups is 1. The lowest BCUT2D eigenvalue weighted by molar-refractivity contribution is 0.102. The lowest BCUT2D eigenvalue weighted by Gasteiger charge is -2.11. The minimum atomic E-state index is -0.262. The maximum absolute atomic E-state index is 12.8. The molecule has 4 aromatic rings. The maximum atomic E-state index is 12.8. The lowest BCUT2D eigenvalue weighted by Crippen LogP contribution is -2.12. The van der Waals surface area contributed by atoms with E-state index >= 15 is 0 Å². The quantitative estimate of drug-likeness (QED) is 0.398. The highest BCUT2D eigenvalue weighted by molar-refractivity contribution is 6.04. The summed E-state index contributed by atoms with van der Waals surface area (Å²) in [7, 11) is 1.56. The van der Waals surface area contributed by atoms with E-state index < -0.39 is 0 Å². The van der Waals surface area contributed by atoms with Crippen LogP contribution in [0.3, 0.4) is 0 Å². The highest BCUT2D eigenvalue weighted by Gasteiger charge is 2.14. The van der Waals surface area contributed by atoms with Crippen LogP contribution in [0, 0.1) is 0 Å². The highest BCUT2D eigenvalue weighted by atomic mass is 16.5. The minimum absolute atomic E-state index is 0.193. The first-order valence-electron chi connectivity index (χ1n) is 10.1. The number of rotatable bonds is 8. The molecule has 0 saturated carbocycles. The van der Waals surface area contributed by atoms with E-state index in [9.17, 15) is 9.90 Å². The molecule has 4 rings (SSSR count). The van der Waals surface area contributed by atoms with Crippen molar-refractivity contribution in [2.45, 2.75) is 13.2 Å². The van der Waals surface area contributed by atoms with E-state index in [0.717, 1.165) is 5.56 Å². The molecular formula is C26H23NO5. The molecule has 1 amide bonds. The molecule has 32 heavy (non-hydrogen) atoms. The second-order valence-electron chi connectivity index (χ2n) is 7.10. The van der Waals surface area contributed by atoms with Gasteiger partial charge in [-0.15, -0.1) is 0 Å². The van der Waals surface area contributed by atoms with E-state index in [1.54, 1.807) is 55.6 Å². The van der Waals surface area contributed by atoms with Crippen molar-refractivity contribution >= 4 is 11.6 Å². The first kappa shape index (κ1) is 21.2. The second-order valence-corrected chi connectivity index (χ2v) is 7.10. The summed E-state index contributed by atoms with van der Waals surface area (Å²) in [6, 6.07) is 25.6. The first-order valence-corrected chi connectivity index (χ1v) is 10.1. The molecule has 0 atom stereocenters. The number of nitrogens with one attached hydrogen (secondary N) is 1. The van der Waals surface area contributed by atoms with Gasteiger partial charge in [0.15, 0.2) is 0 Å². The van der Waals surface area contributed by atoms with Gasteiger partial charge in [-0.3, -0.25) is 4.79 Å². The second kappa shape index (κ2) is 9.85. The Morgan fingerprint density at radius 3 is 2.56 bits per heavy atom. The van der Waals surface area contributed by atoms with Gasteiger partial charge in [0.2, 0.25) is 0 Å². The zero-order chi connectivity index (χ0) is 22.3. The van der Waals surface area contributed by atoms with Crippen LogP contribution in [0.2, 0.25) is 0 Å². The molecule has 0 aliphatic rings. The molecule has 6 heteroatoms. The van der Waals surface area contributed by atoms with Crippen molar-refractivity contribution < 1.29 is 23.8 Å². The van der Waals surface area contributed by atoms with Crippen LogP contribution in [0.25, 0.3) is 11.3 Å². The lowest BCUT2D eigenvalue weighted by atomic mass is 10.1. The first-order chi connectivity index (χ1) is 15.7. The molecule has 1 heterocycles. The minimum Gasteiger partial charge on any atom is -0.496 e. The fourth-order valence-electron chi connectivity index (χ4n) is 3.26. The predicted molar refractivity (Wildman–Crippen MR) is 122 cm³/mol. The SMILES string of the molecule is COc1ccc(NC(=O)c2cccc(OCc3ccccc3)c2)cc1-c1ccc(CO)o1. The molecule has 0 saturated heterocycles. The Morgan fingerprint density at radius 2 is 1.81 bits per heavy atom. The summed E-state index contributed by atoms with van der Waals surface area (Å²) in [6.45, 7) is 0.230. The van der Waals surface area contributed by atoms with Gasteiger partial charge in [-0.05, 0) is 54.1 Å². The van der Waals surface area contributed by atoms with Crippen molar-refractivity contribution in [1.82, 2.24) is 0 Å². The Labute approximate surface area is 186 Å². The fourth-order valence-corrected chi connectivity index (χ4v) is 3.26. The molecule has 0 aliphatic heterocycles. The number of amides is 1. The molecule has 2 N–H and O–H groups in total. The highest BCUT2D eigenvalue weighted by Crippen LogP contribution is 2.34. The summed E-state index contributed by atoms with van der Waals surface area (Å²) in [5, 5.41) is 12.2. The fraction of sp³-hybridized carbons (Fsp3) is 0.115. The summed E-state index contributed by atoms with van der Waals surface area (Å²) in [4.78, 5) is 12.8. The van der Waals surface area contributed by atoms with Crippen molar-refractivity contribution in [3.8, 4) is 22.8 Å². The molecule has 0 fully saturated rings. The molecule has 0 unspecified atom stereocenters. The summed E-state index contributed by atoms with van der Waals surface area (Å²) in [6.07, 6.45) is 0. The van der Waals surface area contributed by atoms with Gasteiger partial charge in [-0.1, -0.05) is 36.4 Å². The van der Waals surface area contributed by atoms with Crippen LogP contribution < -0.4 is 14.8 Å². The van der Waals surface area contributed by atoms with E-state index in [-0.39, 0.29) is 12.5 Å². The molecule has 6 nitrogen and oxygen atoms in total. The number of carbonyl (C=O) groups is 1. The number of aliphatic hydroxyl groups excluding tert-OH is 1. The standard InChI is InChI=1S/C26H23NO5/c1-30-24-12-10-20(15-23(24)25-13-11-22(16-28)32-25)27-26(29)19-8-5-9-21(14-19)31-17-18-6-3-2-4-7-18/h2-15,28H,16-17H2,1H3,(H,27,29). The molecule has 0 bridgehead atoms. The number of hydrogen-bond donors (Lipinski definition) is 2. The number of carbonyl (C=O) groups excluding carboxylic acids is 1. The van der Waals surface area contributed by atoms with Gasteiger partial charge >= 0.3 is 0 Å². The van der Waals surface area contributed by atoms with Crippen molar-refractivity contribution in [3.63, 3.8) is 0 Å². The Kier molecular flexibility index (Phi) is 6.53. The van der Waals surface area contributed by atoms with Gasteiger partial charge in [0.25, 0.3) is 5.91 Å². The van der Waals surface area contributed by atoms with Gasteiger partial charge in [-0.2, -0.15) is 0 Å². The van der Waals surface area contributed by atoms with Gasteiger partial charge in [0, 0.05) is 11.3 Å². The Morgan fingerprint density at radius 1 is 0.969 bits per heavy atom. The maximum Gasteiger partial charge on any atom is 0.255 e. The zero-order valence-corrected chi connectivity index (χ0v) is 17.6. The third-order valence-corrected chi connectivity index (χ3v) is 4.88. The molecule has 3 aromatic carbocycles.